The van der Waals surface area contributed by atoms with E-state index in [1.54, 1.807) is 0 Å². The summed E-state index contributed by atoms with van der Waals surface area (Å²) in [4.78, 5) is 0. The zero-order valence-corrected chi connectivity index (χ0v) is 16.7. The lowest BCUT2D eigenvalue weighted by atomic mass is 10.0. The molecular weight excluding hydrogens is 380 g/mol. The number of nitrogens with zero attached hydrogens (tertiary/aromatic N) is 1. The van der Waals surface area contributed by atoms with Crippen LogP contribution < -0.4 is 4.72 Å². The van der Waals surface area contributed by atoms with E-state index in [2.05, 4.69) is 23.8 Å². The van der Waals surface area contributed by atoms with Gasteiger partial charge in [-0.2, -0.15) is 17.4 Å². The van der Waals surface area contributed by atoms with E-state index < -0.39 is 10.2 Å². The standard InChI is InChI=1S/C21H23ClN2O2S/c1-15-20(18-5-3-2-4-6-18)21(15)23-27(25,26)24-13-11-17(12-14-24)16-7-9-19(22)10-8-16/h2-11,15,20-21,23H,12-14H2,1H3/t15-,20-,21+/m1/s1. The Balaban J connectivity index is 1.41. The third-order valence-corrected chi connectivity index (χ3v) is 7.41. The average Bonchev–Trinajstić information content (AvgIpc) is 3.31. The summed E-state index contributed by atoms with van der Waals surface area (Å²) in [5.74, 6) is 0.568. The topological polar surface area (TPSA) is 49.4 Å². The van der Waals surface area contributed by atoms with Crippen molar-refractivity contribution in [3.05, 3.63) is 76.8 Å². The molecule has 1 saturated carbocycles. The van der Waals surface area contributed by atoms with Gasteiger partial charge in [-0.1, -0.05) is 67.1 Å². The Morgan fingerprint density at radius 1 is 1.07 bits per heavy atom. The van der Waals surface area contributed by atoms with E-state index in [0.29, 0.717) is 30.5 Å². The van der Waals surface area contributed by atoms with Crippen molar-refractivity contribution < 1.29 is 8.42 Å². The van der Waals surface area contributed by atoms with Crippen molar-refractivity contribution in [1.29, 1.82) is 0 Å². The van der Waals surface area contributed by atoms with Crippen molar-refractivity contribution in [2.75, 3.05) is 13.1 Å². The minimum atomic E-state index is -3.49. The van der Waals surface area contributed by atoms with E-state index >= 15 is 0 Å². The molecule has 0 bridgehead atoms. The molecule has 0 saturated heterocycles. The van der Waals surface area contributed by atoms with Crippen molar-refractivity contribution in [3.63, 3.8) is 0 Å². The van der Waals surface area contributed by atoms with Crippen LogP contribution in [-0.4, -0.2) is 31.9 Å². The summed E-state index contributed by atoms with van der Waals surface area (Å²) in [7, 11) is -3.49. The second-order valence-electron chi connectivity index (χ2n) is 7.29. The van der Waals surface area contributed by atoms with E-state index in [1.807, 2.05) is 48.5 Å². The normalized spacial score (nSPS) is 25.9. The van der Waals surface area contributed by atoms with Gasteiger partial charge in [-0.15, -0.1) is 0 Å². The fourth-order valence-electron chi connectivity index (χ4n) is 3.87. The zero-order valence-electron chi connectivity index (χ0n) is 15.2. The largest absolute Gasteiger partial charge is 0.280 e. The number of hydrogen-bond donors (Lipinski definition) is 1. The Hall–Kier alpha value is -1.66. The number of hydrogen-bond acceptors (Lipinski definition) is 2. The van der Waals surface area contributed by atoms with Gasteiger partial charge < -0.3 is 0 Å². The molecule has 1 N–H and O–H groups in total. The Bertz CT molecular complexity index is 942. The monoisotopic (exact) mass is 402 g/mol. The first-order valence-electron chi connectivity index (χ1n) is 9.23. The van der Waals surface area contributed by atoms with E-state index in [0.717, 1.165) is 5.56 Å². The van der Waals surface area contributed by atoms with Gasteiger partial charge in [0, 0.05) is 30.1 Å². The van der Waals surface area contributed by atoms with Crippen molar-refractivity contribution in [1.82, 2.24) is 9.03 Å². The van der Waals surface area contributed by atoms with Crippen LogP contribution in [0.25, 0.3) is 5.57 Å². The molecule has 27 heavy (non-hydrogen) atoms. The van der Waals surface area contributed by atoms with Crippen molar-refractivity contribution in [2.45, 2.75) is 25.3 Å². The highest BCUT2D eigenvalue weighted by Crippen LogP contribution is 2.47. The highest BCUT2D eigenvalue weighted by Gasteiger charge is 2.50. The third kappa shape index (κ3) is 3.97. The lowest BCUT2D eigenvalue weighted by molar-refractivity contribution is 0.429. The number of nitrogens with one attached hydrogen (secondary N) is 1. The van der Waals surface area contributed by atoms with Crippen molar-refractivity contribution >= 4 is 27.4 Å². The average molecular weight is 403 g/mol. The zero-order chi connectivity index (χ0) is 19.0. The predicted octanol–water partition coefficient (Wildman–Crippen LogP) is 4.07. The second-order valence-corrected chi connectivity index (χ2v) is 9.43. The summed E-state index contributed by atoms with van der Waals surface area (Å²) in [6, 6.07) is 17.8. The molecular formula is C21H23ClN2O2S. The molecule has 1 aliphatic heterocycles. The minimum absolute atomic E-state index is 0.0287. The van der Waals surface area contributed by atoms with Crippen molar-refractivity contribution in [2.24, 2.45) is 5.92 Å². The Morgan fingerprint density at radius 2 is 1.78 bits per heavy atom. The molecule has 1 fully saturated rings. The van der Waals surface area contributed by atoms with Crippen LogP contribution in [0.4, 0.5) is 0 Å². The van der Waals surface area contributed by atoms with Crippen LogP contribution in [0, 0.1) is 5.92 Å². The Labute approximate surface area is 166 Å². The number of halogens is 1. The molecule has 2 aromatic rings. The van der Waals surface area contributed by atoms with Crippen LogP contribution in [0.1, 0.15) is 30.4 Å². The van der Waals surface area contributed by atoms with Crippen LogP contribution in [0.2, 0.25) is 5.02 Å². The number of rotatable bonds is 5. The summed E-state index contributed by atoms with van der Waals surface area (Å²) >= 11 is 5.94. The first-order valence-corrected chi connectivity index (χ1v) is 11.0. The van der Waals surface area contributed by atoms with Gasteiger partial charge in [0.1, 0.15) is 0 Å². The molecule has 0 amide bonds. The lowest BCUT2D eigenvalue weighted by Gasteiger charge is -2.26. The van der Waals surface area contributed by atoms with Gasteiger partial charge in [0.25, 0.3) is 10.2 Å². The maximum absolute atomic E-state index is 12.8. The summed E-state index contributed by atoms with van der Waals surface area (Å²) in [5, 5.41) is 0.704. The van der Waals surface area contributed by atoms with Crippen molar-refractivity contribution in [3.8, 4) is 0 Å². The van der Waals surface area contributed by atoms with E-state index in [1.165, 1.54) is 15.4 Å². The van der Waals surface area contributed by atoms with Crippen LogP contribution in [0.15, 0.2) is 60.7 Å². The highest BCUT2D eigenvalue weighted by atomic mass is 35.5. The second kappa shape index (κ2) is 7.40. The Morgan fingerprint density at radius 3 is 2.41 bits per heavy atom. The third-order valence-electron chi connectivity index (χ3n) is 5.58. The Kier molecular flexibility index (Phi) is 5.12. The quantitative estimate of drug-likeness (QED) is 0.819. The molecule has 142 valence electrons. The molecule has 1 heterocycles. The molecule has 0 radical (unpaired) electrons. The summed E-state index contributed by atoms with van der Waals surface area (Å²) < 4.78 is 30.1. The summed E-state index contributed by atoms with van der Waals surface area (Å²) in [6.45, 7) is 2.98. The number of benzene rings is 2. The van der Waals surface area contributed by atoms with Gasteiger partial charge in [0.05, 0.1) is 0 Å². The van der Waals surface area contributed by atoms with Crippen LogP contribution in [-0.2, 0) is 10.2 Å². The highest BCUT2D eigenvalue weighted by molar-refractivity contribution is 7.87. The molecule has 0 aromatic heterocycles. The molecule has 4 nitrogen and oxygen atoms in total. The molecule has 4 rings (SSSR count). The fraction of sp³-hybridized carbons (Fsp3) is 0.333. The van der Waals surface area contributed by atoms with Gasteiger partial charge in [-0.3, -0.25) is 0 Å². The summed E-state index contributed by atoms with van der Waals surface area (Å²) in [5.41, 5.74) is 3.46. The molecule has 0 unspecified atom stereocenters. The minimum Gasteiger partial charge on any atom is -0.198 e. The van der Waals surface area contributed by atoms with E-state index in [9.17, 15) is 8.42 Å². The SMILES string of the molecule is C[C@H]1[C@H](NS(=O)(=O)N2CC=C(c3ccc(Cl)cc3)CC2)[C@H]1c1ccccc1. The molecule has 2 aliphatic rings. The molecule has 1 aliphatic carbocycles. The first-order chi connectivity index (χ1) is 13.0. The molecule has 0 spiro atoms. The van der Waals surface area contributed by atoms with Crippen LogP contribution in [0.3, 0.4) is 0 Å². The predicted molar refractivity (Wildman–Crippen MR) is 110 cm³/mol. The smallest absolute Gasteiger partial charge is 0.198 e. The molecule has 3 atom stereocenters. The summed E-state index contributed by atoms with van der Waals surface area (Å²) in [6.07, 6.45) is 2.70. The van der Waals surface area contributed by atoms with Crippen LogP contribution in [0.5, 0.6) is 0 Å². The maximum atomic E-state index is 12.8. The van der Waals surface area contributed by atoms with E-state index in [4.69, 9.17) is 11.6 Å². The molecule has 6 heteroatoms. The maximum Gasteiger partial charge on any atom is 0.280 e. The lowest BCUT2D eigenvalue weighted by Crippen LogP contribution is -2.44. The fourth-order valence-corrected chi connectivity index (χ4v) is 5.45. The van der Waals surface area contributed by atoms with E-state index in [-0.39, 0.29) is 12.0 Å². The van der Waals surface area contributed by atoms with Gasteiger partial charge in [-0.25, -0.2) is 0 Å². The van der Waals surface area contributed by atoms with Gasteiger partial charge in [-0.05, 0) is 41.2 Å². The first kappa shape index (κ1) is 18.7. The van der Waals surface area contributed by atoms with Gasteiger partial charge in [0.15, 0.2) is 0 Å². The molecule has 2 aromatic carbocycles. The van der Waals surface area contributed by atoms with Crippen LogP contribution >= 0.6 is 11.6 Å². The van der Waals surface area contributed by atoms with Gasteiger partial charge >= 0.3 is 0 Å². The van der Waals surface area contributed by atoms with Gasteiger partial charge in [0.2, 0.25) is 0 Å².